The number of hydrogen-bond acceptors (Lipinski definition) is 11. The number of thiophene rings is 4. The Bertz CT molecular complexity index is 11700. The quantitative estimate of drug-likeness (QED) is 0.156. The van der Waals surface area contributed by atoms with Crippen LogP contribution in [0.15, 0.2) is 453 Å². The molecule has 12 heterocycles. The molecule has 0 N–H and O–H groups in total. The Hall–Kier alpha value is -18.5. The van der Waals surface area contributed by atoms with Crippen molar-refractivity contribution in [1.29, 1.82) is 0 Å². The first-order chi connectivity index (χ1) is 72.8. The minimum absolute atomic E-state index is 0.642. The van der Waals surface area contributed by atoms with E-state index in [1.807, 2.05) is 63.5 Å². The van der Waals surface area contributed by atoms with E-state index in [0.29, 0.717) is 17.8 Å². The topological polar surface area (TPSA) is 110 Å². The van der Waals surface area contributed by atoms with Gasteiger partial charge in [-0.05, 0) is 172 Å². The molecule has 0 amide bonds. The fraction of sp³-hybridized carbons (Fsp3) is 0. The molecule has 11 nitrogen and oxygen atoms in total. The molecule has 682 valence electrons. The van der Waals surface area contributed by atoms with Gasteiger partial charge in [0.1, 0.15) is 11.2 Å². The largest absolute Gasteiger partial charge is 0.456 e. The van der Waals surface area contributed by atoms with Crippen LogP contribution >= 0.6 is 45.3 Å². The summed E-state index contributed by atoms with van der Waals surface area (Å²) in [5, 5.41) is 32.9. The molecule has 12 aromatic heterocycles. The van der Waals surface area contributed by atoms with Gasteiger partial charge in [0.15, 0.2) is 0 Å². The molecule has 0 saturated heterocycles. The van der Waals surface area contributed by atoms with Gasteiger partial charge in [0, 0.05) is 174 Å². The molecule has 0 aliphatic rings. The Morgan fingerprint density at radius 3 is 1.02 bits per heavy atom. The summed E-state index contributed by atoms with van der Waals surface area (Å²) in [6, 6.07) is 161. The normalized spacial score (nSPS) is 12.2. The van der Waals surface area contributed by atoms with E-state index in [9.17, 15) is 0 Å². The van der Waals surface area contributed by atoms with Crippen LogP contribution in [0.5, 0.6) is 0 Å². The monoisotopic (exact) mass is 1940 g/mol. The lowest BCUT2D eigenvalue weighted by atomic mass is 10.0. The fourth-order valence-corrected chi connectivity index (χ4v) is 28.2. The van der Waals surface area contributed by atoms with Crippen molar-refractivity contribution in [2.24, 2.45) is 0 Å². The molecular weight excluding hydrogens is 1870 g/mol. The lowest BCUT2D eigenvalue weighted by Gasteiger charge is -2.12. The van der Waals surface area contributed by atoms with Crippen LogP contribution in [-0.4, -0.2) is 48.2 Å². The van der Waals surface area contributed by atoms with Gasteiger partial charge in [0.25, 0.3) is 0 Å². The Balaban J connectivity index is 0.0000000982. The van der Waals surface area contributed by atoms with E-state index in [2.05, 4.69) is 449 Å². The van der Waals surface area contributed by atoms with Crippen LogP contribution in [0.4, 0.5) is 0 Å². The highest BCUT2D eigenvalue weighted by Crippen LogP contribution is 2.50. The molecule has 0 saturated carbocycles. The maximum absolute atomic E-state index is 6.35. The van der Waals surface area contributed by atoms with E-state index in [1.54, 1.807) is 0 Å². The van der Waals surface area contributed by atoms with Crippen LogP contribution < -0.4 is 0 Å². The van der Waals surface area contributed by atoms with E-state index in [1.165, 1.54) is 156 Å². The highest BCUT2D eigenvalue weighted by Gasteiger charge is 2.28. The van der Waals surface area contributed by atoms with Gasteiger partial charge >= 0.3 is 0 Å². The number of rotatable bonds is 7. The molecule has 0 unspecified atom stereocenters. The van der Waals surface area contributed by atoms with Gasteiger partial charge in [-0.1, -0.05) is 303 Å². The average Bonchev–Trinajstić information content (AvgIpc) is 1.54. The zero-order chi connectivity index (χ0) is 95.9. The van der Waals surface area contributed by atoms with Crippen LogP contribution in [0.1, 0.15) is 0 Å². The molecule has 0 radical (unpaired) electrons. The minimum Gasteiger partial charge on any atom is -0.456 e. The van der Waals surface area contributed by atoms with E-state index in [0.717, 1.165) is 138 Å². The van der Waals surface area contributed by atoms with Crippen molar-refractivity contribution < 1.29 is 4.42 Å². The predicted molar refractivity (Wildman–Crippen MR) is 624 cm³/mol. The van der Waals surface area contributed by atoms with Crippen molar-refractivity contribution in [3.8, 4) is 57.3 Å². The Kier molecular flexibility index (Phi) is 17.9. The minimum atomic E-state index is 0.642. The summed E-state index contributed by atoms with van der Waals surface area (Å²) in [5.74, 6) is 2.00. The van der Waals surface area contributed by atoms with Crippen molar-refractivity contribution in [1.82, 2.24) is 48.2 Å². The third kappa shape index (κ3) is 12.7. The van der Waals surface area contributed by atoms with E-state index < -0.39 is 0 Å². The summed E-state index contributed by atoms with van der Waals surface area (Å²) < 4.78 is 25.7. The summed E-state index contributed by atoms with van der Waals surface area (Å²) in [7, 11) is 0. The number of nitrogens with zero attached hydrogens (tertiary/aromatic N) is 10. The zero-order valence-electron chi connectivity index (χ0n) is 78.2. The first-order valence-electron chi connectivity index (χ1n) is 49.4. The van der Waals surface area contributed by atoms with Crippen LogP contribution in [0, 0.1) is 0 Å². The number of para-hydroxylation sites is 9. The predicted octanol–water partition coefficient (Wildman–Crippen LogP) is 37.1. The molecule has 0 spiro atoms. The van der Waals surface area contributed by atoms with Crippen molar-refractivity contribution in [2.75, 3.05) is 0 Å². The lowest BCUT2D eigenvalue weighted by Crippen LogP contribution is -2.03. The van der Waals surface area contributed by atoms with Crippen LogP contribution in [0.3, 0.4) is 0 Å². The Labute approximate surface area is 852 Å². The number of fused-ring (bicyclic) bond motifs is 35. The number of aromatic nitrogens is 10. The molecule has 0 bridgehead atoms. The van der Waals surface area contributed by atoms with Crippen molar-refractivity contribution in [3.05, 3.63) is 449 Å². The molecule has 147 heavy (non-hydrogen) atoms. The summed E-state index contributed by atoms with van der Waals surface area (Å²) in [6.45, 7) is 0. The second-order valence-electron chi connectivity index (χ2n) is 38.2. The van der Waals surface area contributed by atoms with E-state index in [4.69, 9.17) is 34.3 Å². The average molecular weight is 1940 g/mol. The van der Waals surface area contributed by atoms with Gasteiger partial charge in [-0.15, -0.1) is 45.3 Å². The number of hydrogen-bond donors (Lipinski definition) is 0. The highest BCUT2D eigenvalue weighted by atomic mass is 32.1. The molecule has 15 heteroatoms. The van der Waals surface area contributed by atoms with Crippen LogP contribution in [-0.2, 0) is 0 Å². The van der Waals surface area contributed by atoms with Gasteiger partial charge in [0.2, 0.25) is 17.8 Å². The summed E-state index contributed by atoms with van der Waals surface area (Å²) in [6.07, 6.45) is 0. The first-order valence-corrected chi connectivity index (χ1v) is 52.7. The maximum atomic E-state index is 6.35. The third-order valence-corrected chi connectivity index (χ3v) is 34.6. The van der Waals surface area contributed by atoms with Gasteiger partial charge in [-0.2, -0.15) is 0 Å². The first kappa shape index (κ1) is 82.1. The van der Waals surface area contributed by atoms with Gasteiger partial charge in [-0.3, -0.25) is 13.7 Å². The summed E-state index contributed by atoms with van der Waals surface area (Å²) in [5.41, 5.74) is 20.6. The second kappa shape index (κ2) is 32.0. The fourth-order valence-electron chi connectivity index (χ4n) is 23.4. The summed E-state index contributed by atoms with van der Waals surface area (Å²) >= 11 is 7.39. The molecule has 22 aromatic carbocycles. The van der Waals surface area contributed by atoms with Gasteiger partial charge in [0.05, 0.1) is 82.5 Å². The molecule has 0 atom stereocenters. The van der Waals surface area contributed by atoms with Gasteiger partial charge in [-0.25, -0.2) is 29.9 Å². The molecule has 34 rings (SSSR count). The van der Waals surface area contributed by atoms with E-state index >= 15 is 0 Å². The molecule has 0 aliphatic carbocycles. The van der Waals surface area contributed by atoms with Crippen molar-refractivity contribution in [3.63, 3.8) is 0 Å². The molecule has 0 fully saturated rings. The van der Waals surface area contributed by atoms with E-state index in [-0.39, 0.29) is 0 Å². The molecular formula is C132H74N10OS4. The Morgan fingerprint density at radius 2 is 0.524 bits per heavy atom. The van der Waals surface area contributed by atoms with Gasteiger partial charge < -0.3 is 8.98 Å². The standard InChI is InChI=1S/C48H28N4S.C42H23N3OS.C42H23N3S2/c1-2-14-32(15-3-1)51-39-20-10-7-17-35(39)45-41(51)24-25-42-46(45)36-18-8-11-21-40(36)52(42)48-49-38-19-9-6-16-34(38)47(50-48)31-22-23-33-37-26-29-12-4-5-13-30(29)27-44(37)53-43(33)28-31;1-2-10-25-20-40-33(19-24(25)9-1)29-18-17-26(21-39(29)47-40)41-30-13-3-6-14-34(30)43-42(44-41)45-35-15-7-4-11-27(35)31-22-32-28-12-5-8-16-37(28)46-38(32)23-36(31)45;1-2-10-25-22-38-33(21-24(25)9-1)29-18-17-26(23-37(29)46-38)39-32-13-3-6-14-34(32)43-42(44-39)45-35-15-7-4-11-27(35)30-19-20-31-28-12-5-8-16-36(28)47-41(31)40(30)45/h1-28H;2*1-23H. The van der Waals surface area contributed by atoms with Crippen LogP contribution in [0.25, 0.3) is 312 Å². The van der Waals surface area contributed by atoms with Crippen molar-refractivity contribution >= 4 is 300 Å². The lowest BCUT2D eigenvalue weighted by molar-refractivity contribution is 0.669. The van der Waals surface area contributed by atoms with Crippen molar-refractivity contribution in [2.45, 2.75) is 0 Å². The molecule has 34 aromatic rings. The zero-order valence-corrected chi connectivity index (χ0v) is 81.5. The SMILES string of the molecule is c1ccc(-n2c3ccccc3c3c4c5ccccc5n(-c5nc(-c6ccc7c(c6)sc6cc8ccccc8cc67)c6ccccc6n5)c4ccc32)cc1.c1ccc2cc3c(cc2c1)sc1cc(-c2nc(-n4c5ccccc5c5cc6c(cc54)oc4ccccc46)nc4ccccc24)ccc13.c1ccc2cc3c(cc2c1)sc1cc(-c2nc(-n4c5ccccc5c5ccc6c7ccccc7sc6c54)nc4ccccc24)ccc13. The van der Waals surface area contributed by atoms with Crippen LogP contribution in [0.2, 0.25) is 0 Å². The summed E-state index contributed by atoms with van der Waals surface area (Å²) in [4.78, 5) is 32.0. The second-order valence-corrected chi connectivity index (χ2v) is 42.5. The third-order valence-electron chi connectivity index (χ3n) is 30.1. The highest BCUT2D eigenvalue weighted by molar-refractivity contribution is 7.27. The maximum Gasteiger partial charge on any atom is 0.235 e. The Morgan fingerprint density at radius 1 is 0.177 bits per heavy atom. The number of benzene rings is 22. The smallest absolute Gasteiger partial charge is 0.235 e. The molecule has 0 aliphatic heterocycles. The number of furan rings is 1.